The van der Waals surface area contributed by atoms with Crippen molar-refractivity contribution >= 4 is 32.0 Å². The fourth-order valence-electron chi connectivity index (χ4n) is 2.27. The number of primary sulfonamides is 1. The lowest BCUT2D eigenvalue weighted by atomic mass is 10.4. The Morgan fingerprint density at radius 3 is 2.67 bits per heavy atom. The first-order valence-corrected chi connectivity index (χ1v) is 9.01. The zero-order valence-corrected chi connectivity index (χ0v) is 13.1. The average Bonchev–Trinajstić information content (AvgIpc) is 3.03. The van der Waals surface area contributed by atoms with E-state index >= 15 is 0 Å². The van der Waals surface area contributed by atoms with Gasteiger partial charge in [-0.1, -0.05) is 11.3 Å². The van der Waals surface area contributed by atoms with E-state index in [-0.39, 0.29) is 14.9 Å². The van der Waals surface area contributed by atoms with Crippen LogP contribution in [-0.2, 0) is 10.0 Å². The highest BCUT2D eigenvalue weighted by Gasteiger charge is 2.23. The molecule has 0 saturated carbocycles. The molecule has 0 radical (unpaired) electrons. The Bertz CT molecular complexity index is 608. The summed E-state index contributed by atoms with van der Waals surface area (Å²) >= 11 is 0.798. The van der Waals surface area contributed by atoms with Crippen LogP contribution in [0.3, 0.4) is 0 Å². The highest BCUT2D eigenvalue weighted by Crippen LogP contribution is 2.36. The average molecular weight is 334 g/mol. The molecular weight excluding hydrogens is 316 g/mol. The SMILES string of the molecule is NS(=O)(=O)c1cc([N+](=O)[O-])c(NCCCN2CCCC2)s1. The van der Waals surface area contributed by atoms with Crippen molar-refractivity contribution < 1.29 is 13.3 Å². The largest absolute Gasteiger partial charge is 0.371 e. The molecular formula is C11H18N4O4S2. The summed E-state index contributed by atoms with van der Waals surface area (Å²) in [5.41, 5.74) is -0.245. The fraction of sp³-hybridized carbons (Fsp3) is 0.636. The van der Waals surface area contributed by atoms with Gasteiger partial charge in [-0.05, 0) is 38.9 Å². The first-order valence-electron chi connectivity index (χ1n) is 6.65. The number of nitrogens with zero attached hydrogens (tertiary/aromatic N) is 2. The van der Waals surface area contributed by atoms with Crippen molar-refractivity contribution in [1.29, 1.82) is 0 Å². The van der Waals surface area contributed by atoms with E-state index in [2.05, 4.69) is 10.2 Å². The summed E-state index contributed by atoms with van der Waals surface area (Å²) in [6.07, 6.45) is 3.29. The van der Waals surface area contributed by atoms with Crippen molar-refractivity contribution in [2.45, 2.75) is 23.5 Å². The van der Waals surface area contributed by atoms with Crippen LogP contribution in [-0.4, -0.2) is 44.4 Å². The molecule has 2 heterocycles. The Balaban J connectivity index is 1.95. The molecule has 1 saturated heterocycles. The van der Waals surface area contributed by atoms with Gasteiger partial charge in [0.2, 0.25) is 10.0 Å². The van der Waals surface area contributed by atoms with Gasteiger partial charge in [0.15, 0.2) is 5.00 Å². The second-order valence-electron chi connectivity index (χ2n) is 4.91. The summed E-state index contributed by atoms with van der Waals surface area (Å²) in [6.45, 7) is 3.71. The zero-order chi connectivity index (χ0) is 15.5. The maximum Gasteiger partial charge on any atom is 0.304 e. The summed E-state index contributed by atoms with van der Waals surface area (Å²) in [4.78, 5) is 12.7. The molecule has 1 aliphatic heterocycles. The van der Waals surface area contributed by atoms with E-state index < -0.39 is 14.9 Å². The molecule has 118 valence electrons. The van der Waals surface area contributed by atoms with Gasteiger partial charge in [0.1, 0.15) is 4.21 Å². The number of likely N-dealkylation sites (tertiary alicyclic amines) is 1. The van der Waals surface area contributed by atoms with Crippen LogP contribution in [0.2, 0.25) is 0 Å². The molecule has 0 unspecified atom stereocenters. The monoisotopic (exact) mass is 334 g/mol. The minimum Gasteiger partial charge on any atom is -0.371 e. The Morgan fingerprint density at radius 1 is 1.43 bits per heavy atom. The van der Waals surface area contributed by atoms with Gasteiger partial charge in [-0.2, -0.15) is 0 Å². The van der Waals surface area contributed by atoms with E-state index in [0.29, 0.717) is 6.54 Å². The molecule has 8 nitrogen and oxygen atoms in total. The Kier molecular flexibility index (Phi) is 5.14. The maximum atomic E-state index is 11.3. The van der Waals surface area contributed by atoms with Gasteiger partial charge in [0.25, 0.3) is 0 Å². The number of anilines is 1. The van der Waals surface area contributed by atoms with Crippen LogP contribution in [0.15, 0.2) is 10.3 Å². The van der Waals surface area contributed by atoms with Crippen molar-refractivity contribution in [1.82, 2.24) is 4.90 Å². The number of sulfonamides is 1. The van der Waals surface area contributed by atoms with E-state index in [9.17, 15) is 18.5 Å². The van der Waals surface area contributed by atoms with E-state index in [0.717, 1.165) is 43.5 Å². The summed E-state index contributed by atoms with van der Waals surface area (Å²) in [5, 5.41) is 19.1. The van der Waals surface area contributed by atoms with Gasteiger partial charge in [-0.15, -0.1) is 0 Å². The third kappa shape index (κ3) is 4.37. The summed E-state index contributed by atoms with van der Waals surface area (Å²) in [6, 6.07) is 1.00. The van der Waals surface area contributed by atoms with E-state index in [1.54, 1.807) is 0 Å². The number of nitrogens with one attached hydrogen (secondary N) is 1. The van der Waals surface area contributed by atoms with Crippen LogP contribution in [0.1, 0.15) is 19.3 Å². The van der Waals surface area contributed by atoms with Gasteiger partial charge < -0.3 is 10.2 Å². The predicted molar refractivity (Wildman–Crippen MR) is 81.1 cm³/mol. The second-order valence-corrected chi connectivity index (χ2v) is 7.75. The lowest BCUT2D eigenvalue weighted by Crippen LogP contribution is -2.22. The highest BCUT2D eigenvalue weighted by molar-refractivity contribution is 7.91. The van der Waals surface area contributed by atoms with Crippen LogP contribution in [0.4, 0.5) is 10.7 Å². The number of nitrogens with two attached hydrogens (primary N) is 1. The van der Waals surface area contributed by atoms with Crippen molar-refractivity contribution in [3.8, 4) is 0 Å². The van der Waals surface area contributed by atoms with Gasteiger partial charge in [-0.25, -0.2) is 13.6 Å². The van der Waals surface area contributed by atoms with Crippen LogP contribution in [0.25, 0.3) is 0 Å². The van der Waals surface area contributed by atoms with Crippen molar-refractivity contribution in [3.05, 3.63) is 16.2 Å². The lowest BCUT2D eigenvalue weighted by molar-refractivity contribution is -0.383. The smallest absolute Gasteiger partial charge is 0.304 e. The van der Waals surface area contributed by atoms with Crippen LogP contribution in [0.5, 0.6) is 0 Å². The summed E-state index contributed by atoms with van der Waals surface area (Å²) < 4.78 is 22.3. The lowest BCUT2D eigenvalue weighted by Gasteiger charge is -2.14. The van der Waals surface area contributed by atoms with Gasteiger partial charge in [0, 0.05) is 12.6 Å². The molecule has 1 aromatic rings. The normalized spacial score (nSPS) is 16.2. The Labute approximate surface area is 127 Å². The van der Waals surface area contributed by atoms with E-state index in [4.69, 9.17) is 5.14 Å². The van der Waals surface area contributed by atoms with Crippen molar-refractivity contribution in [3.63, 3.8) is 0 Å². The molecule has 0 bridgehead atoms. The number of rotatable bonds is 7. The minimum absolute atomic E-state index is 0.198. The number of nitro groups is 1. The minimum atomic E-state index is -3.92. The Hall–Kier alpha value is -1.23. The van der Waals surface area contributed by atoms with E-state index in [1.165, 1.54) is 12.8 Å². The first-order chi connectivity index (χ1) is 9.88. The third-order valence-electron chi connectivity index (χ3n) is 3.30. The topological polar surface area (TPSA) is 119 Å². The number of hydrogen-bond donors (Lipinski definition) is 2. The number of hydrogen-bond acceptors (Lipinski definition) is 7. The van der Waals surface area contributed by atoms with Gasteiger partial charge >= 0.3 is 5.69 Å². The zero-order valence-electron chi connectivity index (χ0n) is 11.4. The molecule has 0 aliphatic carbocycles. The molecule has 2 rings (SSSR count). The molecule has 10 heteroatoms. The second kappa shape index (κ2) is 6.69. The molecule has 21 heavy (non-hydrogen) atoms. The fourth-order valence-corrected chi connectivity index (χ4v) is 4.05. The van der Waals surface area contributed by atoms with Gasteiger partial charge in [0.05, 0.1) is 4.92 Å². The van der Waals surface area contributed by atoms with Crippen molar-refractivity contribution in [2.75, 3.05) is 31.5 Å². The van der Waals surface area contributed by atoms with Crippen LogP contribution in [0, 0.1) is 10.1 Å². The van der Waals surface area contributed by atoms with E-state index in [1.807, 2.05) is 0 Å². The molecule has 0 atom stereocenters. The maximum absolute atomic E-state index is 11.3. The molecule has 0 aromatic carbocycles. The summed E-state index contributed by atoms with van der Waals surface area (Å²) in [7, 11) is -3.92. The van der Waals surface area contributed by atoms with Crippen LogP contribution >= 0.6 is 11.3 Å². The Morgan fingerprint density at radius 2 is 2.10 bits per heavy atom. The molecule has 1 aromatic heterocycles. The molecule has 1 fully saturated rings. The molecule has 3 N–H and O–H groups in total. The van der Waals surface area contributed by atoms with Crippen LogP contribution < -0.4 is 10.5 Å². The molecule has 0 spiro atoms. The molecule has 0 amide bonds. The quantitative estimate of drug-likeness (QED) is 0.439. The van der Waals surface area contributed by atoms with Gasteiger partial charge in [-0.3, -0.25) is 10.1 Å². The standard InChI is InChI=1S/C11H18N4O4S2/c12-21(18,19)10-8-9(15(16)17)11(20-10)13-4-3-7-14-5-1-2-6-14/h8,13H,1-7H2,(H2,12,18,19). The first kappa shape index (κ1) is 16.1. The number of thiophene rings is 1. The third-order valence-corrected chi connectivity index (χ3v) is 5.80. The van der Waals surface area contributed by atoms with Crippen molar-refractivity contribution in [2.24, 2.45) is 5.14 Å². The molecule has 1 aliphatic rings. The highest BCUT2D eigenvalue weighted by atomic mass is 32.2. The summed E-state index contributed by atoms with van der Waals surface area (Å²) in [5.74, 6) is 0. The predicted octanol–water partition coefficient (Wildman–Crippen LogP) is 1.20.